The number of sulfonamides is 1. The normalized spacial score (nSPS) is 11.3. The molecule has 2 aromatic carbocycles. The number of nitrogen functional groups attached to an aromatic ring is 1. The average molecular weight is 291 g/mol. The van der Waals surface area contributed by atoms with E-state index in [1.54, 1.807) is 12.1 Å². The maximum atomic E-state index is 11.7. The van der Waals surface area contributed by atoms with Gasteiger partial charge in [0.2, 0.25) is 10.0 Å². The lowest BCUT2D eigenvalue weighted by Gasteiger charge is -2.10. The second kappa shape index (κ2) is 5.52. The van der Waals surface area contributed by atoms with E-state index in [2.05, 4.69) is 10.0 Å². The second-order valence-corrected chi connectivity index (χ2v) is 6.31. The summed E-state index contributed by atoms with van der Waals surface area (Å²) in [5.41, 5.74) is 8.83. The van der Waals surface area contributed by atoms with Gasteiger partial charge in [-0.15, -0.1) is 0 Å². The Morgan fingerprint density at radius 2 is 1.60 bits per heavy atom. The van der Waals surface area contributed by atoms with Gasteiger partial charge in [-0.25, -0.2) is 13.1 Å². The fourth-order valence-corrected chi connectivity index (χ4v) is 2.62. The molecule has 0 radical (unpaired) electrons. The Labute approximate surface area is 118 Å². The maximum Gasteiger partial charge on any atom is 0.242 e. The molecule has 6 heteroatoms. The monoisotopic (exact) mass is 291 g/mol. The van der Waals surface area contributed by atoms with Crippen LogP contribution in [0, 0.1) is 6.92 Å². The van der Waals surface area contributed by atoms with E-state index in [1.807, 2.05) is 31.2 Å². The van der Waals surface area contributed by atoms with Crippen LogP contribution in [-0.2, 0) is 10.0 Å². The van der Waals surface area contributed by atoms with Gasteiger partial charge in [-0.2, -0.15) is 0 Å². The first-order chi connectivity index (χ1) is 9.42. The van der Waals surface area contributed by atoms with E-state index in [4.69, 9.17) is 5.73 Å². The molecule has 0 aliphatic heterocycles. The zero-order valence-electron chi connectivity index (χ0n) is 11.3. The summed E-state index contributed by atoms with van der Waals surface area (Å²) in [5, 5.41) is 3.17. The molecule has 0 heterocycles. The van der Waals surface area contributed by atoms with Crippen molar-refractivity contribution in [1.82, 2.24) is 4.72 Å². The van der Waals surface area contributed by atoms with Crippen LogP contribution in [0.15, 0.2) is 47.4 Å². The largest absolute Gasteiger partial charge is 0.398 e. The molecule has 2 aromatic rings. The third kappa shape index (κ3) is 3.09. The van der Waals surface area contributed by atoms with Crippen LogP contribution in [0.3, 0.4) is 0 Å². The first-order valence-electron chi connectivity index (χ1n) is 6.09. The Hall–Kier alpha value is -2.05. The van der Waals surface area contributed by atoms with Gasteiger partial charge in [0, 0.05) is 11.4 Å². The van der Waals surface area contributed by atoms with Crippen LogP contribution < -0.4 is 15.8 Å². The lowest BCUT2D eigenvalue weighted by atomic mass is 10.2. The molecule has 106 valence electrons. The summed E-state index contributed by atoms with van der Waals surface area (Å²) < 4.78 is 25.7. The Kier molecular flexibility index (Phi) is 3.96. The molecule has 0 aliphatic carbocycles. The van der Waals surface area contributed by atoms with Gasteiger partial charge in [-0.05, 0) is 44.3 Å². The molecule has 0 bridgehead atoms. The molecule has 0 saturated heterocycles. The number of anilines is 3. The summed E-state index contributed by atoms with van der Waals surface area (Å²) in [6.45, 7) is 2.01. The highest BCUT2D eigenvalue weighted by Gasteiger charge is 2.15. The van der Waals surface area contributed by atoms with Gasteiger partial charge >= 0.3 is 0 Å². The average Bonchev–Trinajstić information content (AvgIpc) is 2.41. The van der Waals surface area contributed by atoms with Crippen LogP contribution in [0.1, 0.15) is 5.56 Å². The molecule has 2 rings (SSSR count). The first kappa shape index (κ1) is 14.4. The van der Waals surface area contributed by atoms with Crippen molar-refractivity contribution in [3.05, 3.63) is 48.0 Å². The fourth-order valence-electron chi connectivity index (χ4n) is 1.78. The van der Waals surface area contributed by atoms with Crippen LogP contribution in [0.25, 0.3) is 0 Å². The molecule has 20 heavy (non-hydrogen) atoms. The number of hydrogen-bond donors (Lipinski definition) is 3. The summed E-state index contributed by atoms with van der Waals surface area (Å²) in [6, 6.07) is 12.6. The summed E-state index contributed by atoms with van der Waals surface area (Å²) >= 11 is 0. The predicted molar refractivity (Wildman–Crippen MR) is 81.6 cm³/mol. The molecule has 0 unspecified atom stereocenters. The van der Waals surface area contributed by atoms with E-state index in [0.29, 0.717) is 0 Å². The SMILES string of the molecule is CNS(=O)(=O)c1ccc(Nc2ccc(C)cc2)cc1N. The molecule has 0 spiro atoms. The van der Waals surface area contributed by atoms with Gasteiger partial charge in [0.15, 0.2) is 0 Å². The number of nitrogens with two attached hydrogens (primary N) is 1. The summed E-state index contributed by atoms with van der Waals surface area (Å²) in [7, 11) is -2.17. The van der Waals surface area contributed by atoms with Crippen molar-refractivity contribution in [3.63, 3.8) is 0 Å². The zero-order chi connectivity index (χ0) is 14.8. The van der Waals surface area contributed by atoms with Crippen LogP contribution in [0.4, 0.5) is 17.1 Å². The first-order valence-corrected chi connectivity index (χ1v) is 7.57. The van der Waals surface area contributed by atoms with E-state index >= 15 is 0 Å². The minimum absolute atomic E-state index is 0.0782. The van der Waals surface area contributed by atoms with E-state index in [-0.39, 0.29) is 10.6 Å². The van der Waals surface area contributed by atoms with E-state index in [1.165, 1.54) is 18.7 Å². The van der Waals surface area contributed by atoms with Gasteiger partial charge < -0.3 is 11.1 Å². The molecule has 0 saturated carbocycles. The number of hydrogen-bond acceptors (Lipinski definition) is 4. The van der Waals surface area contributed by atoms with Crippen molar-refractivity contribution in [3.8, 4) is 0 Å². The van der Waals surface area contributed by atoms with Crippen LogP contribution in [0.2, 0.25) is 0 Å². The topological polar surface area (TPSA) is 84.2 Å². The zero-order valence-corrected chi connectivity index (χ0v) is 12.2. The Balaban J connectivity index is 2.28. The highest BCUT2D eigenvalue weighted by Crippen LogP contribution is 2.24. The second-order valence-electron chi connectivity index (χ2n) is 4.45. The molecule has 0 aliphatic rings. The molecule has 4 N–H and O–H groups in total. The third-order valence-electron chi connectivity index (χ3n) is 2.91. The third-order valence-corrected chi connectivity index (χ3v) is 4.40. The predicted octanol–water partition coefficient (Wildman–Crippen LogP) is 2.23. The molecule has 0 amide bonds. The van der Waals surface area contributed by atoms with Gasteiger partial charge in [0.05, 0.1) is 5.69 Å². The molecular formula is C14H17N3O2S. The van der Waals surface area contributed by atoms with Gasteiger partial charge in [-0.1, -0.05) is 17.7 Å². The Bertz CT molecular complexity index is 710. The molecule has 0 aromatic heterocycles. The highest BCUT2D eigenvalue weighted by atomic mass is 32.2. The van der Waals surface area contributed by atoms with Crippen LogP contribution >= 0.6 is 0 Å². The van der Waals surface area contributed by atoms with E-state index in [0.717, 1.165) is 11.4 Å². The van der Waals surface area contributed by atoms with Crippen LogP contribution in [-0.4, -0.2) is 15.5 Å². The molecule has 0 fully saturated rings. The van der Waals surface area contributed by atoms with Gasteiger partial charge in [-0.3, -0.25) is 0 Å². The van der Waals surface area contributed by atoms with Crippen LogP contribution in [0.5, 0.6) is 0 Å². The lowest BCUT2D eigenvalue weighted by molar-refractivity contribution is 0.588. The van der Waals surface area contributed by atoms with Gasteiger partial charge in [0.1, 0.15) is 4.90 Å². The lowest BCUT2D eigenvalue weighted by Crippen LogP contribution is -2.19. The Morgan fingerprint density at radius 3 is 2.15 bits per heavy atom. The summed E-state index contributed by atoms with van der Waals surface area (Å²) in [5.74, 6) is 0. The summed E-state index contributed by atoms with van der Waals surface area (Å²) in [4.78, 5) is 0.0782. The number of aryl methyl sites for hydroxylation is 1. The van der Waals surface area contributed by atoms with Crippen molar-refractivity contribution in [1.29, 1.82) is 0 Å². The van der Waals surface area contributed by atoms with Crippen molar-refractivity contribution >= 4 is 27.1 Å². The number of benzene rings is 2. The highest BCUT2D eigenvalue weighted by molar-refractivity contribution is 7.89. The minimum atomic E-state index is -3.53. The van der Waals surface area contributed by atoms with E-state index < -0.39 is 10.0 Å². The standard InChI is InChI=1S/C14H17N3O2S/c1-10-3-5-11(6-4-10)17-12-7-8-14(13(15)9-12)20(18,19)16-2/h3-9,16-17H,15H2,1-2H3. The number of nitrogens with one attached hydrogen (secondary N) is 2. The minimum Gasteiger partial charge on any atom is -0.398 e. The fraction of sp³-hybridized carbons (Fsp3) is 0.143. The maximum absolute atomic E-state index is 11.7. The van der Waals surface area contributed by atoms with Crippen molar-refractivity contribution in [2.45, 2.75) is 11.8 Å². The van der Waals surface area contributed by atoms with Gasteiger partial charge in [0.25, 0.3) is 0 Å². The molecule has 0 atom stereocenters. The van der Waals surface area contributed by atoms with Crippen molar-refractivity contribution in [2.24, 2.45) is 0 Å². The van der Waals surface area contributed by atoms with E-state index in [9.17, 15) is 8.42 Å². The van der Waals surface area contributed by atoms with Crippen molar-refractivity contribution < 1.29 is 8.42 Å². The molecular weight excluding hydrogens is 274 g/mol. The quantitative estimate of drug-likeness (QED) is 0.754. The Morgan fingerprint density at radius 1 is 1.00 bits per heavy atom. The number of rotatable bonds is 4. The van der Waals surface area contributed by atoms with Crippen molar-refractivity contribution in [2.75, 3.05) is 18.1 Å². The summed E-state index contributed by atoms with van der Waals surface area (Å²) in [6.07, 6.45) is 0. The smallest absolute Gasteiger partial charge is 0.242 e. The molecule has 5 nitrogen and oxygen atoms in total.